The second-order valence-corrected chi connectivity index (χ2v) is 3.87. The monoisotopic (exact) mass is 212 g/mol. The van der Waals surface area contributed by atoms with E-state index in [1.165, 1.54) is 0 Å². The van der Waals surface area contributed by atoms with E-state index in [-0.39, 0.29) is 0 Å². The summed E-state index contributed by atoms with van der Waals surface area (Å²) < 4.78 is 0. The highest BCUT2D eigenvalue weighted by atomic mass is 35.5. The van der Waals surface area contributed by atoms with Gasteiger partial charge >= 0.3 is 5.97 Å². The van der Waals surface area contributed by atoms with Crippen LogP contribution in [-0.4, -0.2) is 11.1 Å². The topological polar surface area (TPSA) is 37.3 Å². The quantitative estimate of drug-likeness (QED) is 0.776. The molecule has 0 heterocycles. The Balaban J connectivity index is 3.68. The maximum absolute atomic E-state index is 11.0. The molecule has 0 aliphatic rings. The second kappa shape index (κ2) is 3.62. The highest BCUT2D eigenvalue weighted by Crippen LogP contribution is 2.30. The third-order valence-corrected chi connectivity index (χ3v) is 3.31. The minimum atomic E-state index is -0.912. The number of carboxylic acids is 1. The van der Waals surface area contributed by atoms with Crippen LogP contribution in [-0.2, 0) is 0 Å². The maximum Gasteiger partial charge on any atom is 0.336 e. The molecule has 3 heteroatoms. The molecule has 0 bridgehead atoms. The molecule has 0 aliphatic heterocycles. The zero-order valence-electron chi connectivity index (χ0n) is 8.73. The molecule has 0 aromatic heterocycles. The predicted octanol–water partition coefficient (Wildman–Crippen LogP) is 3.27. The number of rotatable bonds is 1. The number of aromatic carboxylic acids is 1. The van der Waals surface area contributed by atoms with Crippen molar-refractivity contribution in [2.45, 2.75) is 27.7 Å². The van der Waals surface area contributed by atoms with E-state index >= 15 is 0 Å². The second-order valence-electron chi connectivity index (χ2n) is 3.49. The highest BCUT2D eigenvalue weighted by Gasteiger charge is 2.17. The molecular formula is C11H13ClO2. The van der Waals surface area contributed by atoms with Crippen molar-refractivity contribution in [2.24, 2.45) is 0 Å². The van der Waals surface area contributed by atoms with Crippen LogP contribution in [0.4, 0.5) is 0 Å². The molecule has 0 radical (unpaired) electrons. The average Bonchev–Trinajstić information content (AvgIpc) is 2.11. The van der Waals surface area contributed by atoms with Crippen LogP contribution in [0.5, 0.6) is 0 Å². The fourth-order valence-electron chi connectivity index (χ4n) is 1.63. The average molecular weight is 213 g/mol. The van der Waals surface area contributed by atoms with Gasteiger partial charge in [0.2, 0.25) is 0 Å². The minimum Gasteiger partial charge on any atom is -0.478 e. The molecule has 1 aromatic carbocycles. The van der Waals surface area contributed by atoms with E-state index in [1.807, 2.05) is 20.8 Å². The molecule has 0 amide bonds. The third kappa shape index (κ3) is 1.50. The van der Waals surface area contributed by atoms with Crippen molar-refractivity contribution in [3.05, 3.63) is 32.8 Å². The lowest BCUT2D eigenvalue weighted by Gasteiger charge is -2.14. The summed E-state index contributed by atoms with van der Waals surface area (Å²) in [5, 5.41) is 9.59. The van der Waals surface area contributed by atoms with Gasteiger partial charge in [0.05, 0.1) is 5.56 Å². The fourth-order valence-corrected chi connectivity index (χ4v) is 1.86. The standard InChI is InChI=1S/C11H13ClO2/c1-5-6(2)9(11(13)14)8(4)10(12)7(5)3/h1-4H3,(H,13,14). The minimum absolute atomic E-state index is 0.332. The van der Waals surface area contributed by atoms with Crippen LogP contribution in [0, 0.1) is 27.7 Å². The van der Waals surface area contributed by atoms with E-state index in [0.29, 0.717) is 16.1 Å². The molecule has 0 spiro atoms. The largest absolute Gasteiger partial charge is 0.478 e. The van der Waals surface area contributed by atoms with Gasteiger partial charge in [0, 0.05) is 5.02 Å². The first-order valence-corrected chi connectivity index (χ1v) is 4.74. The summed E-state index contributed by atoms with van der Waals surface area (Å²) in [6, 6.07) is 0. The van der Waals surface area contributed by atoms with Crippen molar-refractivity contribution in [1.82, 2.24) is 0 Å². The number of hydrogen-bond acceptors (Lipinski definition) is 1. The lowest BCUT2D eigenvalue weighted by molar-refractivity contribution is 0.0695. The van der Waals surface area contributed by atoms with Crippen molar-refractivity contribution in [1.29, 1.82) is 0 Å². The molecule has 0 saturated carbocycles. The SMILES string of the molecule is Cc1c(C)c(Cl)c(C)c(C(=O)O)c1C. The van der Waals surface area contributed by atoms with Gasteiger partial charge in [-0.05, 0) is 49.9 Å². The van der Waals surface area contributed by atoms with Crippen LogP contribution < -0.4 is 0 Å². The molecule has 1 N–H and O–H groups in total. The number of carboxylic acid groups (broad SMARTS) is 1. The van der Waals surface area contributed by atoms with Crippen molar-refractivity contribution in [3.63, 3.8) is 0 Å². The first kappa shape index (κ1) is 11.1. The first-order valence-electron chi connectivity index (χ1n) is 4.37. The van der Waals surface area contributed by atoms with Gasteiger partial charge in [-0.25, -0.2) is 4.79 Å². The summed E-state index contributed by atoms with van der Waals surface area (Å²) >= 11 is 6.04. The zero-order valence-corrected chi connectivity index (χ0v) is 9.49. The third-order valence-electron chi connectivity index (χ3n) is 2.75. The Labute approximate surface area is 88.5 Å². The van der Waals surface area contributed by atoms with Crippen LogP contribution >= 0.6 is 11.6 Å². The normalized spacial score (nSPS) is 10.4. The van der Waals surface area contributed by atoms with Gasteiger partial charge in [-0.15, -0.1) is 0 Å². The summed E-state index contributed by atoms with van der Waals surface area (Å²) in [4.78, 5) is 11.0. The van der Waals surface area contributed by atoms with Gasteiger partial charge in [-0.1, -0.05) is 11.6 Å². The van der Waals surface area contributed by atoms with Crippen molar-refractivity contribution >= 4 is 17.6 Å². The van der Waals surface area contributed by atoms with Crippen LogP contribution in [0.25, 0.3) is 0 Å². The van der Waals surface area contributed by atoms with Crippen LogP contribution in [0.3, 0.4) is 0 Å². The lowest BCUT2D eigenvalue weighted by atomic mass is 9.94. The van der Waals surface area contributed by atoms with Crippen molar-refractivity contribution in [3.8, 4) is 0 Å². The molecule has 0 unspecified atom stereocenters. The molecule has 1 rings (SSSR count). The van der Waals surface area contributed by atoms with Gasteiger partial charge in [-0.3, -0.25) is 0 Å². The molecule has 0 fully saturated rings. The lowest BCUT2D eigenvalue weighted by Crippen LogP contribution is -2.06. The van der Waals surface area contributed by atoms with Crippen molar-refractivity contribution < 1.29 is 9.90 Å². The van der Waals surface area contributed by atoms with E-state index in [1.54, 1.807) is 6.92 Å². The summed E-state index contributed by atoms with van der Waals surface area (Å²) in [5.41, 5.74) is 3.71. The Morgan fingerprint density at radius 1 is 1.00 bits per heavy atom. The summed E-state index contributed by atoms with van der Waals surface area (Å²) in [6.07, 6.45) is 0. The van der Waals surface area contributed by atoms with E-state index in [0.717, 1.165) is 16.7 Å². The molecule has 0 atom stereocenters. The molecule has 2 nitrogen and oxygen atoms in total. The Morgan fingerprint density at radius 2 is 1.50 bits per heavy atom. The number of halogens is 1. The molecule has 0 aliphatic carbocycles. The van der Waals surface area contributed by atoms with Crippen LogP contribution in [0.1, 0.15) is 32.6 Å². The van der Waals surface area contributed by atoms with Gasteiger partial charge in [0.25, 0.3) is 0 Å². The van der Waals surface area contributed by atoms with Gasteiger partial charge < -0.3 is 5.11 Å². The molecular weight excluding hydrogens is 200 g/mol. The molecule has 0 saturated heterocycles. The summed E-state index contributed by atoms with van der Waals surface area (Å²) in [5.74, 6) is -0.912. The Bertz CT molecular complexity index is 379. The zero-order chi connectivity index (χ0) is 11.0. The smallest absolute Gasteiger partial charge is 0.336 e. The molecule has 14 heavy (non-hydrogen) atoms. The summed E-state index contributed by atoms with van der Waals surface area (Å²) in [7, 11) is 0. The Kier molecular flexibility index (Phi) is 2.86. The maximum atomic E-state index is 11.0. The van der Waals surface area contributed by atoms with E-state index in [9.17, 15) is 4.79 Å². The number of benzene rings is 1. The molecule has 1 aromatic rings. The molecule has 76 valence electrons. The van der Waals surface area contributed by atoms with E-state index in [4.69, 9.17) is 16.7 Å². The van der Waals surface area contributed by atoms with Gasteiger partial charge in [0.1, 0.15) is 0 Å². The Hall–Kier alpha value is -1.02. The van der Waals surface area contributed by atoms with Crippen LogP contribution in [0.15, 0.2) is 0 Å². The van der Waals surface area contributed by atoms with E-state index < -0.39 is 5.97 Å². The highest BCUT2D eigenvalue weighted by molar-refractivity contribution is 6.32. The predicted molar refractivity (Wildman–Crippen MR) is 57.4 cm³/mol. The van der Waals surface area contributed by atoms with Crippen LogP contribution in [0.2, 0.25) is 5.02 Å². The van der Waals surface area contributed by atoms with Crippen molar-refractivity contribution in [2.75, 3.05) is 0 Å². The first-order chi connectivity index (χ1) is 6.37. The number of carbonyl (C=O) groups is 1. The van der Waals surface area contributed by atoms with Gasteiger partial charge in [-0.2, -0.15) is 0 Å². The number of hydrogen-bond donors (Lipinski definition) is 1. The van der Waals surface area contributed by atoms with Gasteiger partial charge in [0.15, 0.2) is 0 Å². The fraction of sp³-hybridized carbons (Fsp3) is 0.364. The van der Waals surface area contributed by atoms with E-state index in [2.05, 4.69) is 0 Å². The summed E-state index contributed by atoms with van der Waals surface area (Å²) in [6.45, 7) is 7.35. The Morgan fingerprint density at radius 3 is 1.93 bits per heavy atom.